The Bertz CT molecular complexity index is 3390. The van der Waals surface area contributed by atoms with Crippen LogP contribution in [0.1, 0.15) is 11.0 Å². The average molecular weight is 708 g/mol. The first-order valence-electron chi connectivity index (χ1n) is 22.3. The fourth-order valence-corrected chi connectivity index (χ4v) is 7.32. The van der Waals surface area contributed by atoms with Crippen molar-refractivity contribution in [2.24, 2.45) is 0 Å². The van der Waals surface area contributed by atoms with Crippen LogP contribution in [0.15, 0.2) is 224 Å². The molecule has 0 aliphatic rings. The predicted octanol–water partition coefficient (Wildman–Crippen LogP) is 15.3. The van der Waals surface area contributed by atoms with Gasteiger partial charge in [-0.3, -0.25) is 0 Å². The van der Waals surface area contributed by atoms with Crippen LogP contribution in [0.2, 0.25) is 0 Å². The van der Waals surface area contributed by atoms with Crippen molar-refractivity contribution in [1.82, 2.24) is 0 Å². The second-order valence-corrected chi connectivity index (χ2v) is 13.6. The van der Waals surface area contributed by atoms with Crippen molar-refractivity contribution in [3.8, 4) is 44.5 Å². The van der Waals surface area contributed by atoms with E-state index in [0.717, 1.165) is 54.6 Å². The van der Waals surface area contributed by atoms with Crippen molar-refractivity contribution < 1.29 is 11.0 Å². The molecular formula is C54H37N. The summed E-state index contributed by atoms with van der Waals surface area (Å²) in [5.41, 5.74) is 5.29. The maximum atomic E-state index is 9.75. The van der Waals surface area contributed by atoms with Gasteiger partial charge in [-0.05, 0) is 125 Å². The molecule has 0 radical (unpaired) electrons. The summed E-state index contributed by atoms with van der Waals surface area (Å²) in [6.07, 6.45) is 0. The van der Waals surface area contributed by atoms with E-state index in [-0.39, 0.29) is 58.8 Å². The van der Waals surface area contributed by atoms with Crippen LogP contribution in [0.5, 0.6) is 0 Å². The SMILES string of the molecule is [2H]c1c([2H])c(-c2ccc3ccccc3c2)c([2H])c(N(c2ccc(-c3ccc(-c4ccccc4)cc3)cc2)c2c([2H])c([2H])c(-c3ccc4c(ccc5ccccc54)c3)c([2H])c2[2H])c1[2H]. The first-order chi connectivity index (χ1) is 30.6. The summed E-state index contributed by atoms with van der Waals surface area (Å²) in [5.74, 6) is 0. The molecule has 0 aromatic heterocycles. The molecule has 0 heterocycles. The van der Waals surface area contributed by atoms with E-state index in [1.165, 1.54) is 4.90 Å². The minimum Gasteiger partial charge on any atom is -0.310 e. The Morgan fingerprint density at radius 3 is 1.58 bits per heavy atom. The van der Waals surface area contributed by atoms with Gasteiger partial charge in [-0.2, -0.15) is 0 Å². The fraction of sp³-hybridized carbons (Fsp3) is 0. The van der Waals surface area contributed by atoms with E-state index in [0.29, 0.717) is 16.8 Å². The molecule has 10 aromatic carbocycles. The number of fused-ring (bicyclic) bond motifs is 4. The van der Waals surface area contributed by atoms with Gasteiger partial charge in [0.1, 0.15) is 0 Å². The van der Waals surface area contributed by atoms with Crippen LogP contribution in [0.4, 0.5) is 17.1 Å². The van der Waals surface area contributed by atoms with Gasteiger partial charge in [0.05, 0.1) is 11.0 Å². The van der Waals surface area contributed by atoms with Crippen molar-refractivity contribution in [2.75, 3.05) is 4.90 Å². The molecular weight excluding hydrogens is 663 g/mol. The minimum atomic E-state index is -0.446. The zero-order chi connectivity index (χ0) is 43.5. The van der Waals surface area contributed by atoms with Crippen LogP contribution in [0.3, 0.4) is 0 Å². The first-order valence-corrected chi connectivity index (χ1v) is 18.3. The van der Waals surface area contributed by atoms with Gasteiger partial charge in [-0.1, -0.05) is 176 Å². The number of benzene rings is 10. The molecule has 55 heavy (non-hydrogen) atoms. The smallest absolute Gasteiger partial charge is 0.0651 e. The largest absolute Gasteiger partial charge is 0.310 e. The number of hydrogen-bond acceptors (Lipinski definition) is 1. The van der Waals surface area contributed by atoms with Gasteiger partial charge in [0.15, 0.2) is 0 Å². The maximum Gasteiger partial charge on any atom is 0.0651 e. The second-order valence-electron chi connectivity index (χ2n) is 13.6. The van der Waals surface area contributed by atoms with Gasteiger partial charge >= 0.3 is 0 Å². The van der Waals surface area contributed by atoms with Crippen LogP contribution in [0, 0.1) is 0 Å². The normalized spacial score (nSPS) is 13.3. The monoisotopic (exact) mass is 707 g/mol. The summed E-state index contributed by atoms with van der Waals surface area (Å²) in [6, 6.07) is 53.8. The lowest BCUT2D eigenvalue weighted by Gasteiger charge is -2.26. The lowest BCUT2D eigenvalue weighted by Crippen LogP contribution is -2.10. The number of hydrogen-bond donors (Lipinski definition) is 0. The number of rotatable bonds is 7. The van der Waals surface area contributed by atoms with Gasteiger partial charge < -0.3 is 4.90 Å². The topological polar surface area (TPSA) is 3.24 Å². The zero-order valence-electron chi connectivity index (χ0n) is 37.7. The van der Waals surface area contributed by atoms with Crippen LogP contribution < -0.4 is 4.90 Å². The quantitative estimate of drug-likeness (QED) is 0.149. The average Bonchev–Trinajstić information content (AvgIpc) is 3.32. The zero-order valence-corrected chi connectivity index (χ0v) is 29.7. The molecule has 1 heteroatoms. The van der Waals surface area contributed by atoms with Crippen molar-refractivity contribution in [3.05, 3.63) is 224 Å². The van der Waals surface area contributed by atoms with Gasteiger partial charge in [0.2, 0.25) is 0 Å². The summed E-state index contributed by atoms with van der Waals surface area (Å²) < 4.78 is 75.3. The molecule has 0 amide bonds. The first kappa shape index (κ1) is 24.9. The van der Waals surface area contributed by atoms with E-state index >= 15 is 0 Å². The van der Waals surface area contributed by atoms with E-state index in [1.807, 2.05) is 133 Å². The number of anilines is 3. The third-order valence-electron chi connectivity index (χ3n) is 10.2. The molecule has 0 unspecified atom stereocenters. The van der Waals surface area contributed by atoms with Crippen molar-refractivity contribution in [2.45, 2.75) is 0 Å². The standard InChI is InChI=1S/C54H37N/c1-2-9-38(10-3-1)40-17-19-41(20-18-40)42-25-30-50(31-26-42)55(52-15-8-14-46(37-52)48-23-21-39-11-4-5-13-45(39)35-48)51-32-27-43(28-33-51)47-29-34-54-49(36-47)24-22-44-12-6-7-16-53(44)54/h1-37H/i8D,14D,15D,27D,28D,32D,33D,37D. The fourth-order valence-electron chi connectivity index (χ4n) is 7.32. The molecule has 0 aliphatic heterocycles. The predicted molar refractivity (Wildman–Crippen MR) is 235 cm³/mol. The van der Waals surface area contributed by atoms with Crippen LogP contribution in [-0.2, 0) is 0 Å². The van der Waals surface area contributed by atoms with E-state index < -0.39 is 12.1 Å². The molecule has 0 aliphatic carbocycles. The Balaban J connectivity index is 1.16. The highest BCUT2D eigenvalue weighted by molar-refractivity contribution is 6.08. The summed E-state index contributed by atoms with van der Waals surface area (Å²) in [5, 5.41) is 5.88. The van der Waals surface area contributed by atoms with Gasteiger partial charge in [0, 0.05) is 17.1 Å². The van der Waals surface area contributed by atoms with E-state index in [1.54, 1.807) is 18.2 Å². The highest BCUT2D eigenvalue weighted by Gasteiger charge is 2.15. The summed E-state index contributed by atoms with van der Waals surface area (Å²) in [4.78, 5) is 1.39. The summed E-state index contributed by atoms with van der Waals surface area (Å²) in [7, 11) is 0. The highest BCUT2D eigenvalue weighted by atomic mass is 15.1. The Morgan fingerprint density at radius 2 is 0.818 bits per heavy atom. The Morgan fingerprint density at radius 1 is 0.291 bits per heavy atom. The third-order valence-corrected chi connectivity index (χ3v) is 10.2. The Hall–Kier alpha value is -7.22. The van der Waals surface area contributed by atoms with Crippen LogP contribution in [-0.4, -0.2) is 0 Å². The van der Waals surface area contributed by atoms with Gasteiger partial charge in [-0.25, -0.2) is 0 Å². The second kappa shape index (κ2) is 14.0. The molecule has 0 fully saturated rings. The number of nitrogens with zero attached hydrogens (tertiary/aromatic N) is 1. The maximum absolute atomic E-state index is 9.75. The Labute approximate surface area is 333 Å². The molecule has 0 saturated heterocycles. The molecule has 1 nitrogen and oxygen atoms in total. The molecule has 0 spiro atoms. The van der Waals surface area contributed by atoms with Crippen LogP contribution >= 0.6 is 0 Å². The van der Waals surface area contributed by atoms with Crippen molar-refractivity contribution >= 4 is 49.4 Å². The lowest BCUT2D eigenvalue weighted by atomic mass is 9.97. The van der Waals surface area contributed by atoms with Crippen molar-refractivity contribution in [3.63, 3.8) is 0 Å². The minimum absolute atomic E-state index is 0.118. The van der Waals surface area contributed by atoms with E-state index in [4.69, 9.17) is 2.74 Å². The highest BCUT2D eigenvalue weighted by Crippen LogP contribution is 2.39. The van der Waals surface area contributed by atoms with E-state index in [9.17, 15) is 8.22 Å². The summed E-state index contributed by atoms with van der Waals surface area (Å²) >= 11 is 0. The van der Waals surface area contributed by atoms with Gasteiger partial charge in [-0.15, -0.1) is 0 Å². The molecule has 0 bridgehead atoms. The third kappa shape index (κ3) is 6.33. The van der Waals surface area contributed by atoms with E-state index in [2.05, 4.69) is 24.3 Å². The molecule has 258 valence electrons. The van der Waals surface area contributed by atoms with Crippen LogP contribution in [0.25, 0.3) is 76.8 Å². The molecule has 0 N–H and O–H groups in total. The summed E-state index contributed by atoms with van der Waals surface area (Å²) in [6.45, 7) is 0. The molecule has 10 rings (SSSR count). The van der Waals surface area contributed by atoms with Crippen molar-refractivity contribution in [1.29, 1.82) is 0 Å². The lowest BCUT2D eigenvalue weighted by molar-refractivity contribution is 1.28. The molecule has 0 saturated carbocycles. The Kier molecular flexibility index (Phi) is 6.33. The van der Waals surface area contributed by atoms with Gasteiger partial charge in [0.25, 0.3) is 0 Å². The molecule has 0 atom stereocenters. The molecule has 10 aromatic rings.